The predicted octanol–water partition coefficient (Wildman–Crippen LogP) is 4.90. The molecule has 0 radical (unpaired) electrons. The molecule has 1 N–H and O–H groups in total. The van der Waals surface area contributed by atoms with E-state index < -0.39 is 10.0 Å². The van der Waals surface area contributed by atoms with Crippen molar-refractivity contribution in [3.05, 3.63) is 82.4 Å². The first kappa shape index (κ1) is 23.1. The van der Waals surface area contributed by atoms with Gasteiger partial charge in [-0.2, -0.15) is 0 Å². The van der Waals surface area contributed by atoms with Crippen LogP contribution in [0.5, 0.6) is 0 Å². The molecule has 3 aromatic carbocycles. The van der Waals surface area contributed by atoms with Crippen LogP contribution < -0.4 is 14.5 Å². The van der Waals surface area contributed by atoms with E-state index in [9.17, 15) is 13.2 Å². The van der Waals surface area contributed by atoms with Crippen LogP contribution in [0.15, 0.2) is 65.6 Å². The van der Waals surface area contributed by atoms with Gasteiger partial charge < -0.3 is 9.80 Å². The van der Waals surface area contributed by atoms with Gasteiger partial charge in [0.2, 0.25) is 0 Å². The van der Waals surface area contributed by atoms with Crippen LogP contribution in [0.3, 0.4) is 0 Å². The van der Waals surface area contributed by atoms with Gasteiger partial charge in [0.1, 0.15) is 0 Å². The zero-order valence-corrected chi connectivity index (χ0v) is 20.2. The number of halogens is 1. The van der Waals surface area contributed by atoms with Crippen LogP contribution in [0.25, 0.3) is 0 Å². The molecule has 0 aromatic heterocycles. The van der Waals surface area contributed by atoms with Crippen molar-refractivity contribution in [3.63, 3.8) is 0 Å². The second kappa shape index (κ2) is 9.45. The van der Waals surface area contributed by atoms with Crippen molar-refractivity contribution >= 4 is 45.0 Å². The number of rotatable bonds is 6. The van der Waals surface area contributed by atoms with E-state index in [1.54, 1.807) is 42.5 Å². The number of piperazine rings is 1. The zero-order chi connectivity index (χ0) is 23.6. The van der Waals surface area contributed by atoms with Gasteiger partial charge >= 0.3 is 0 Å². The van der Waals surface area contributed by atoms with Crippen LogP contribution in [0.2, 0.25) is 5.02 Å². The van der Waals surface area contributed by atoms with Crippen molar-refractivity contribution in [1.82, 2.24) is 0 Å². The third-order valence-electron chi connectivity index (χ3n) is 5.87. The van der Waals surface area contributed by atoms with E-state index in [1.165, 1.54) is 0 Å². The summed E-state index contributed by atoms with van der Waals surface area (Å²) in [7, 11) is -3.73. The maximum atomic E-state index is 12.8. The Bertz CT molecular complexity index is 1270. The summed E-state index contributed by atoms with van der Waals surface area (Å²) >= 11 is 6.19. The standard InChI is InChI=1S/C25H26ClN3O3S/c1-18-3-9-23(10-4-18)33(31,32)27-22-8-6-20(17-30)25(16-22)29-13-11-28(12-14-29)24-15-21(26)7-5-19(24)2/h3-10,15-17,27H,11-14H2,1-2H3. The van der Waals surface area contributed by atoms with E-state index in [1.807, 2.05) is 25.1 Å². The lowest BCUT2D eigenvalue weighted by Crippen LogP contribution is -2.47. The second-order valence-electron chi connectivity index (χ2n) is 8.21. The van der Waals surface area contributed by atoms with Crippen molar-refractivity contribution in [3.8, 4) is 0 Å². The van der Waals surface area contributed by atoms with Crippen LogP contribution in [-0.4, -0.2) is 40.9 Å². The van der Waals surface area contributed by atoms with Gasteiger partial charge in [-0.05, 0) is 61.9 Å². The van der Waals surface area contributed by atoms with Gasteiger partial charge in [-0.15, -0.1) is 0 Å². The third kappa shape index (κ3) is 5.15. The summed E-state index contributed by atoms with van der Waals surface area (Å²) < 4.78 is 28.2. The van der Waals surface area contributed by atoms with Gasteiger partial charge in [0.25, 0.3) is 10.0 Å². The molecule has 8 heteroatoms. The largest absolute Gasteiger partial charge is 0.368 e. The number of carbonyl (C=O) groups is 1. The van der Waals surface area contributed by atoms with Gasteiger partial charge in [-0.1, -0.05) is 35.4 Å². The minimum Gasteiger partial charge on any atom is -0.368 e. The lowest BCUT2D eigenvalue weighted by Gasteiger charge is -2.38. The van der Waals surface area contributed by atoms with Gasteiger partial charge in [0, 0.05) is 48.1 Å². The van der Waals surface area contributed by atoms with E-state index in [0.717, 1.165) is 41.9 Å². The molecule has 3 aromatic rings. The summed E-state index contributed by atoms with van der Waals surface area (Å²) in [6.45, 7) is 6.88. The summed E-state index contributed by atoms with van der Waals surface area (Å²) in [5, 5.41) is 0.704. The van der Waals surface area contributed by atoms with Crippen LogP contribution >= 0.6 is 11.6 Å². The molecule has 0 atom stereocenters. The predicted molar refractivity (Wildman–Crippen MR) is 134 cm³/mol. The number of hydrogen-bond donors (Lipinski definition) is 1. The van der Waals surface area contributed by atoms with Crippen molar-refractivity contribution in [2.24, 2.45) is 0 Å². The molecule has 0 bridgehead atoms. The summed E-state index contributed by atoms with van der Waals surface area (Å²) in [6.07, 6.45) is 0.807. The Balaban J connectivity index is 1.53. The van der Waals surface area contributed by atoms with Crippen LogP contribution in [0.4, 0.5) is 17.1 Å². The molecule has 172 valence electrons. The molecule has 0 spiro atoms. The maximum absolute atomic E-state index is 12.8. The topological polar surface area (TPSA) is 69.7 Å². The lowest BCUT2D eigenvalue weighted by atomic mass is 10.1. The fraction of sp³-hybridized carbons (Fsp3) is 0.240. The molecule has 0 saturated carbocycles. The fourth-order valence-electron chi connectivity index (χ4n) is 4.02. The number of benzene rings is 3. The Morgan fingerprint density at radius 2 is 1.48 bits per heavy atom. The van der Waals surface area contributed by atoms with E-state index in [4.69, 9.17) is 11.6 Å². The number of carbonyl (C=O) groups excluding carboxylic acids is 1. The highest BCUT2D eigenvalue weighted by atomic mass is 35.5. The third-order valence-corrected chi connectivity index (χ3v) is 7.51. The van der Waals surface area contributed by atoms with E-state index in [-0.39, 0.29) is 4.90 Å². The van der Waals surface area contributed by atoms with Crippen LogP contribution in [-0.2, 0) is 10.0 Å². The monoisotopic (exact) mass is 483 g/mol. The minimum atomic E-state index is -3.73. The average Bonchev–Trinajstić information content (AvgIpc) is 2.81. The van der Waals surface area contributed by atoms with Gasteiger partial charge in [0.05, 0.1) is 10.6 Å². The molecular formula is C25H26ClN3O3S. The number of aldehydes is 1. The molecule has 4 rings (SSSR count). The molecule has 0 amide bonds. The summed E-state index contributed by atoms with van der Waals surface area (Å²) in [6, 6.07) is 17.6. The number of nitrogens with one attached hydrogen (secondary N) is 1. The highest BCUT2D eigenvalue weighted by Gasteiger charge is 2.22. The zero-order valence-electron chi connectivity index (χ0n) is 18.6. The fourth-order valence-corrected chi connectivity index (χ4v) is 5.24. The molecule has 1 aliphatic rings. The molecule has 33 heavy (non-hydrogen) atoms. The van der Waals surface area contributed by atoms with Crippen LogP contribution in [0.1, 0.15) is 21.5 Å². The molecule has 1 saturated heterocycles. The van der Waals surface area contributed by atoms with Crippen LogP contribution in [0, 0.1) is 13.8 Å². The molecule has 1 fully saturated rings. The summed E-state index contributed by atoms with van der Waals surface area (Å²) in [4.78, 5) is 16.3. The van der Waals surface area contributed by atoms with Gasteiger partial charge in [-0.25, -0.2) is 8.42 Å². The smallest absolute Gasteiger partial charge is 0.261 e. The number of hydrogen-bond acceptors (Lipinski definition) is 5. The lowest BCUT2D eigenvalue weighted by molar-refractivity contribution is 0.112. The number of aryl methyl sites for hydroxylation is 2. The van der Waals surface area contributed by atoms with Crippen molar-refractivity contribution in [2.45, 2.75) is 18.7 Å². The second-order valence-corrected chi connectivity index (χ2v) is 10.3. The molecule has 0 unspecified atom stereocenters. The van der Waals surface area contributed by atoms with E-state index in [0.29, 0.717) is 29.4 Å². The van der Waals surface area contributed by atoms with Gasteiger partial charge in [-0.3, -0.25) is 9.52 Å². The first-order valence-corrected chi connectivity index (χ1v) is 12.6. The minimum absolute atomic E-state index is 0.194. The Kier molecular flexibility index (Phi) is 6.63. The molecule has 6 nitrogen and oxygen atoms in total. The molecule has 1 aliphatic heterocycles. The Hall–Kier alpha value is -3.03. The van der Waals surface area contributed by atoms with E-state index in [2.05, 4.69) is 21.4 Å². The average molecular weight is 484 g/mol. The van der Waals surface area contributed by atoms with Gasteiger partial charge in [0.15, 0.2) is 6.29 Å². The summed E-state index contributed by atoms with van der Waals surface area (Å²) in [5.41, 5.74) is 4.92. The molecule has 0 aliphatic carbocycles. The number of nitrogens with zero attached hydrogens (tertiary/aromatic N) is 2. The molecule has 1 heterocycles. The summed E-state index contributed by atoms with van der Waals surface area (Å²) in [5.74, 6) is 0. The molecular weight excluding hydrogens is 458 g/mol. The Morgan fingerprint density at radius 3 is 2.12 bits per heavy atom. The first-order chi connectivity index (χ1) is 15.8. The number of sulfonamides is 1. The quantitative estimate of drug-likeness (QED) is 0.505. The normalized spacial score (nSPS) is 14.3. The SMILES string of the molecule is Cc1ccc(S(=O)(=O)Nc2ccc(C=O)c(N3CCN(c4cc(Cl)ccc4C)CC3)c2)cc1. The Morgan fingerprint density at radius 1 is 0.848 bits per heavy atom. The van der Waals surface area contributed by atoms with Crippen molar-refractivity contribution in [1.29, 1.82) is 0 Å². The Labute approximate surface area is 199 Å². The highest BCUT2D eigenvalue weighted by Crippen LogP contribution is 2.29. The number of anilines is 3. The first-order valence-electron chi connectivity index (χ1n) is 10.7. The highest BCUT2D eigenvalue weighted by molar-refractivity contribution is 7.92. The van der Waals surface area contributed by atoms with Crippen molar-refractivity contribution in [2.75, 3.05) is 40.7 Å². The maximum Gasteiger partial charge on any atom is 0.261 e. The van der Waals surface area contributed by atoms with Crippen molar-refractivity contribution < 1.29 is 13.2 Å². The van der Waals surface area contributed by atoms with E-state index >= 15 is 0 Å².